The van der Waals surface area contributed by atoms with Crippen molar-refractivity contribution < 1.29 is 14.3 Å². The Hall–Kier alpha value is -2.89. The maximum atomic E-state index is 14.7. The number of nitrogens with zero attached hydrogens (tertiary/aromatic N) is 2. The minimum atomic E-state index is -1.03. The number of fused-ring (bicyclic) bond motifs is 1. The summed E-state index contributed by atoms with van der Waals surface area (Å²) >= 11 is 12.6. The van der Waals surface area contributed by atoms with Crippen molar-refractivity contribution in [3.63, 3.8) is 0 Å². The maximum Gasteiger partial charge on any atom is 0.335 e. The molecule has 3 aromatic carbocycles. The average Bonchev–Trinajstić information content (AvgIpc) is 3.05. The van der Waals surface area contributed by atoms with E-state index in [0.29, 0.717) is 37.8 Å². The summed E-state index contributed by atoms with van der Waals surface area (Å²) in [6, 6.07) is 16.1. The molecule has 0 fully saturated rings. The molecule has 4 nitrogen and oxygen atoms in total. The van der Waals surface area contributed by atoms with E-state index in [2.05, 4.69) is 5.10 Å². The van der Waals surface area contributed by atoms with Crippen molar-refractivity contribution >= 4 is 40.1 Å². The molecule has 1 aromatic heterocycles. The normalized spacial score (nSPS) is 11.1. The molecule has 140 valence electrons. The van der Waals surface area contributed by atoms with Gasteiger partial charge in [-0.1, -0.05) is 47.5 Å². The van der Waals surface area contributed by atoms with Gasteiger partial charge < -0.3 is 5.11 Å². The van der Waals surface area contributed by atoms with E-state index in [4.69, 9.17) is 28.3 Å². The molecule has 7 heteroatoms. The van der Waals surface area contributed by atoms with Crippen molar-refractivity contribution in [1.29, 1.82) is 0 Å². The molecule has 0 bridgehead atoms. The van der Waals surface area contributed by atoms with Crippen LogP contribution in [-0.2, 0) is 6.54 Å². The van der Waals surface area contributed by atoms with Gasteiger partial charge in [0.1, 0.15) is 11.5 Å². The molecule has 0 radical (unpaired) electrons. The molecule has 1 N–H and O–H groups in total. The molecule has 4 rings (SSSR count). The third kappa shape index (κ3) is 3.23. The molecule has 0 aliphatic rings. The lowest BCUT2D eigenvalue weighted by Gasteiger charge is -2.08. The maximum absolute atomic E-state index is 14.7. The Balaban J connectivity index is 1.88. The van der Waals surface area contributed by atoms with Crippen LogP contribution in [0.5, 0.6) is 0 Å². The summed E-state index contributed by atoms with van der Waals surface area (Å²) in [5, 5.41) is 15.0. The molecule has 0 spiro atoms. The summed E-state index contributed by atoms with van der Waals surface area (Å²) in [5.74, 6) is -1.44. The van der Waals surface area contributed by atoms with E-state index in [9.17, 15) is 9.18 Å². The third-order valence-corrected chi connectivity index (χ3v) is 5.21. The summed E-state index contributed by atoms with van der Waals surface area (Å²) in [5.41, 5.74) is 2.47. The molecule has 0 saturated heterocycles. The molecule has 0 unspecified atom stereocenters. The minimum Gasteiger partial charge on any atom is -0.478 e. The number of carboxylic acids is 1. The second-order valence-corrected chi connectivity index (χ2v) is 7.04. The Morgan fingerprint density at radius 1 is 1.00 bits per heavy atom. The Bertz CT molecular complexity index is 1180. The number of halogens is 3. The minimum absolute atomic E-state index is 0.149. The third-order valence-electron chi connectivity index (χ3n) is 4.50. The lowest BCUT2D eigenvalue weighted by atomic mass is 10.1. The SMILES string of the molecule is O=C(O)c1ccc(-c2nn(Cc3c(Cl)cccc3Cl)c3cccc(F)c23)cc1. The van der Waals surface area contributed by atoms with E-state index in [1.807, 2.05) is 0 Å². The summed E-state index contributed by atoms with van der Waals surface area (Å²) in [6.07, 6.45) is 0. The van der Waals surface area contributed by atoms with Gasteiger partial charge in [-0.2, -0.15) is 5.10 Å². The first-order valence-electron chi connectivity index (χ1n) is 8.37. The van der Waals surface area contributed by atoms with Gasteiger partial charge in [0.15, 0.2) is 0 Å². The van der Waals surface area contributed by atoms with E-state index >= 15 is 0 Å². The van der Waals surface area contributed by atoms with Gasteiger partial charge in [-0.05, 0) is 36.4 Å². The predicted molar refractivity (Wildman–Crippen MR) is 108 cm³/mol. The number of aromatic carboxylic acids is 1. The molecule has 28 heavy (non-hydrogen) atoms. The zero-order valence-corrected chi connectivity index (χ0v) is 15.9. The standard InChI is InChI=1S/C21H13Cl2FN2O2/c22-15-3-1-4-16(23)14(15)11-26-18-6-2-5-17(24)19(18)20(25-26)12-7-9-13(10-8-12)21(27)28/h1-10H,11H2,(H,27,28). The Morgan fingerprint density at radius 2 is 1.64 bits per heavy atom. The molecule has 4 aromatic rings. The second-order valence-electron chi connectivity index (χ2n) is 6.22. The highest BCUT2D eigenvalue weighted by Crippen LogP contribution is 2.32. The van der Waals surface area contributed by atoms with E-state index in [-0.39, 0.29) is 12.1 Å². The molecular formula is C21H13Cl2FN2O2. The fourth-order valence-electron chi connectivity index (χ4n) is 3.11. The number of hydrogen-bond donors (Lipinski definition) is 1. The zero-order valence-electron chi connectivity index (χ0n) is 14.4. The van der Waals surface area contributed by atoms with Crippen molar-refractivity contribution in [3.8, 4) is 11.3 Å². The second kappa shape index (κ2) is 7.26. The quantitative estimate of drug-likeness (QED) is 0.452. The van der Waals surface area contributed by atoms with Crippen LogP contribution >= 0.6 is 23.2 Å². The van der Waals surface area contributed by atoms with Gasteiger partial charge in [0, 0.05) is 21.2 Å². The first-order chi connectivity index (χ1) is 13.5. The van der Waals surface area contributed by atoms with E-state index < -0.39 is 11.8 Å². The molecular weight excluding hydrogens is 402 g/mol. The van der Waals surface area contributed by atoms with Crippen LogP contribution in [0.15, 0.2) is 60.7 Å². The Labute approximate surface area is 169 Å². The van der Waals surface area contributed by atoms with Crippen LogP contribution in [-0.4, -0.2) is 20.9 Å². The first kappa shape index (κ1) is 18.5. The van der Waals surface area contributed by atoms with Crippen molar-refractivity contribution in [2.24, 2.45) is 0 Å². The number of carboxylic acid groups (broad SMARTS) is 1. The highest BCUT2D eigenvalue weighted by Gasteiger charge is 2.18. The van der Waals surface area contributed by atoms with E-state index in [1.54, 1.807) is 47.1 Å². The lowest BCUT2D eigenvalue weighted by Crippen LogP contribution is -2.03. The molecule has 1 heterocycles. The molecule has 0 aliphatic carbocycles. The highest BCUT2D eigenvalue weighted by atomic mass is 35.5. The fraction of sp³-hybridized carbons (Fsp3) is 0.0476. The van der Waals surface area contributed by atoms with Crippen LogP contribution < -0.4 is 0 Å². The highest BCUT2D eigenvalue weighted by molar-refractivity contribution is 6.36. The van der Waals surface area contributed by atoms with Crippen molar-refractivity contribution in [1.82, 2.24) is 9.78 Å². The summed E-state index contributed by atoms with van der Waals surface area (Å²) in [4.78, 5) is 11.1. The number of carbonyl (C=O) groups is 1. The largest absolute Gasteiger partial charge is 0.478 e. The van der Waals surface area contributed by atoms with Crippen molar-refractivity contribution in [2.75, 3.05) is 0 Å². The van der Waals surface area contributed by atoms with E-state index in [0.717, 1.165) is 0 Å². The van der Waals surface area contributed by atoms with Crippen LogP contribution in [0, 0.1) is 5.82 Å². The Kier molecular flexibility index (Phi) is 4.79. The van der Waals surface area contributed by atoms with Gasteiger partial charge in [-0.15, -0.1) is 0 Å². The van der Waals surface area contributed by atoms with Gasteiger partial charge in [0.2, 0.25) is 0 Å². The van der Waals surface area contributed by atoms with Crippen LogP contribution in [0.3, 0.4) is 0 Å². The smallest absolute Gasteiger partial charge is 0.335 e. The Morgan fingerprint density at radius 3 is 2.29 bits per heavy atom. The van der Waals surface area contributed by atoms with Crippen molar-refractivity contribution in [2.45, 2.75) is 6.54 Å². The fourth-order valence-corrected chi connectivity index (χ4v) is 3.63. The van der Waals surface area contributed by atoms with Gasteiger partial charge in [0.25, 0.3) is 0 Å². The van der Waals surface area contributed by atoms with Gasteiger partial charge in [-0.3, -0.25) is 4.68 Å². The number of rotatable bonds is 4. The number of aromatic nitrogens is 2. The predicted octanol–water partition coefficient (Wildman–Crippen LogP) is 5.90. The molecule has 0 amide bonds. The van der Waals surface area contributed by atoms with Crippen LogP contribution in [0.1, 0.15) is 15.9 Å². The topological polar surface area (TPSA) is 55.1 Å². The van der Waals surface area contributed by atoms with Gasteiger partial charge in [-0.25, -0.2) is 9.18 Å². The van der Waals surface area contributed by atoms with Crippen LogP contribution in [0.4, 0.5) is 4.39 Å². The number of hydrogen-bond acceptors (Lipinski definition) is 2. The number of benzene rings is 3. The lowest BCUT2D eigenvalue weighted by molar-refractivity contribution is 0.0697. The van der Waals surface area contributed by atoms with Gasteiger partial charge in [0.05, 0.1) is 23.0 Å². The summed E-state index contributed by atoms with van der Waals surface area (Å²) in [6.45, 7) is 0.270. The van der Waals surface area contributed by atoms with E-state index in [1.165, 1.54) is 18.2 Å². The average molecular weight is 415 g/mol. The monoisotopic (exact) mass is 414 g/mol. The molecule has 0 saturated carbocycles. The van der Waals surface area contributed by atoms with Crippen LogP contribution in [0.25, 0.3) is 22.2 Å². The molecule has 0 atom stereocenters. The first-order valence-corrected chi connectivity index (χ1v) is 9.13. The summed E-state index contributed by atoms with van der Waals surface area (Å²) < 4.78 is 16.3. The summed E-state index contributed by atoms with van der Waals surface area (Å²) in [7, 11) is 0. The van der Waals surface area contributed by atoms with Gasteiger partial charge >= 0.3 is 5.97 Å². The van der Waals surface area contributed by atoms with Crippen LogP contribution in [0.2, 0.25) is 10.0 Å². The molecule has 0 aliphatic heterocycles. The zero-order chi connectivity index (χ0) is 19.8. The van der Waals surface area contributed by atoms with Crippen molar-refractivity contribution in [3.05, 3.63) is 87.7 Å².